The van der Waals surface area contributed by atoms with Crippen molar-refractivity contribution in [2.45, 2.75) is 348 Å². The summed E-state index contributed by atoms with van der Waals surface area (Å²) in [7, 11) is 0. The van der Waals surface area contributed by atoms with Gasteiger partial charge in [-0.2, -0.15) is 0 Å². The van der Waals surface area contributed by atoms with E-state index in [0.29, 0.717) is 19.3 Å². The Hall–Kier alpha value is -3.93. The van der Waals surface area contributed by atoms with Crippen LogP contribution >= 0.6 is 0 Å². The highest BCUT2D eigenvalue weighted by Gasteiger charge is 2.19. The molecule has 0 aromatic heterocycles. The van der Waals surface area contributed by atoms with E-state index >= 15 is 0 Å². The zero-order valence-electron chi connectivity index (χ0n) is 54.7. The number of allylic oxidation sites excluding steroid dienone is 18. The summed E-state index contributed by atoms with van der Waals surface area (Å²) in [4.78, 5) is 38.3. The first-order valence-electron chi connectivity index (χ1n) is 35.4. The van der Waals surface area contributed by atoms with E-state index in [-0.39, 0.29) is 31.1 Å². The molecule has 476 valence electrons. The first-order valence-corrected chi connectivity index (χ1v) is 35.4. The molecular weight excluding hydrogens is 1020 g/mol. The minimum atomic E-state index is -0.784. The van der Waals surface area contributed by atoms with Crippen molar-refractivity contribution in [2.75, 3.05) is 13.2 Å². The first kappa shape index (κ1) is 79.1. The molecule has 0 aromatic carbocycles. The molecule has 0 fully saturated rings. The Balaban J connectivity index is 4.21. The molecule has 0 radical (unpaired) electrons. The van der Waals surface area contributed by atoms with Crippen molar-refractivity contribution in [3.8, 4) is 0 Å². The maximum Gasteiger partial charge on any atom is 0.306 e. The van der Waals surface area contributed by atoms with Gasteiger partial charge in [-0.3, -0.25) is 14.4 Å². The molecule has 0 spiro atoms. The summed E-state index contributed by atoms with van der Waals surface area (Å²) in [5.74, 6) is -0.886. The maximum absolute atomic E-state index is 12.9. The molecular formula is C77H132O6. The predicted molar refractivity (Wildman–Crippen MR) is 362 cm³/mol. The number of rotatable bonds is 64. The van der Waals surface area contributed by atoms with E-state index in [2.05, 4.69) is 130 Å². The van der Waals surface area contributed by atoms with Crippen molar-refractivity contribution in [3.05, 3.63) is 109 Å². The average Bonchev–Trinajstić information content (AvgIpc) is 3.49. The van der Waals surface area contributed by atoms with Gasteiger partial charge in [0.2, 0.25) is 0 Å². The van der Waals surface area contributed by atoms with Crippen molar-refractivity contribution in [1.82, 2.24) is 0 Å². The normalized spacial score (nSPS) is 12.8. The van der Waals surface area contributed by atoms with E-state index in [4.69, 9.17) is 14.2 Å². The summed E-state index contributed by atoms with van der Waals surface area (Å²) in [5.41, 5.74) is 0. The smallest absolute Gasteiger partial charge is 0.306 e. The third-order valence-electron chi connectivity index (χ3n) is 15.3. The van der Waals surface area contributed by atoms with E-state index in [9.17, 15) is 14.4 Å². The second-order valence-electron chi connectivity index (χ2n) is 23.4. The Morgan fingerprint density at radius 2 is 0.470 bits per heavy atom. The van der Waals surface area contributed by atoms with Crippen LogP contribution in [0.3, 0.4) is 0 Å². The van der Waals surface area contributed by atoms with Crippen molar-refractivity contribution in [1.29, 1.82) is 0 Å². The summed E-state index contributed by atoms with van der Waals surface area (Å²) in [5, 5.41) is 0. The van der Waals surface area contributed by atoms with Crippen molar-refractivity contribution < 1.29 is 28.6 Å². The molecule has 6 nitrogen and oxygen atoms in total. The fourth-order valence-corrected chi connectivity index (χ4v) is 9.99. The Bertz CT molecular complexity index is 1660. The second-order valence-corrected chi connectivity index (χ2v) is 23.4. The fourth-order valence-electron chi connectivity index (χ4n) is 9.99. The molecule has 0 aliphatic heterocycles. The highest BCUT2D eigenvalue weighted by atomic mass is 16.6. The minimum Gasteiger partial charge on any atom is -0.462 e. The molecule has 0 aromatic rings. The molecule has 0 aliphatic rings. The molecule has 0 amide bonds. The highest BCUT2D eigenvalue weighted by molar-refractivity contribution is 5.71. The van der Waals surface area contributed by atoms with Crippen LogP contribution in [-0.2, 0) is 28.6 Å². The number of ether oxygens (including phenoxy) is 3. The summed E-state index contributed by atoms with van der Waals surface area (Å²) < 4.78 is 16.9. The fraction of sp³-hybridized carbons (Fsp3) is 0.727. The zero-order valence-corrected chi connectivity index (χ0v) is 54.7. The van der Waals surface area contributed by atoms with Gasteiger partial charge in [0.15, 0.2) is 6.10 Å². The SMILES string of the molecule is CC/C=C\C/C=C\C/C=C\C/C=C\C/C=C\C/C=C\C/C=C\C/C=C\CCCCCCCCC(=O)OCC(COC(=O)CCCCCCCCCCC)OC(=O)CCCCCCCCCCCCCCC/C=C\CCCCCCCCCC. The van der Waals surface area contributed by atoms with Gasteiger partial charge >= 0.3 is 17.9 Å². The van der Waals surface area contributed by atoms with Gasteiger partial charge in [-0.25, -0.2) is 0 Å². The van der Waals surface area contributed by atoms with Gasteiger partial charge in [0.05, 0.1) is 0 Å². The van der Waals surface area contributed by atoms with Crippen LogP contribution < -0.4 is 0 Å². The second kappa shape index (κ2) is 70.6. The van der Waals surface area contributed by atoms with Gasteiger partial charge in [0.25, 0.3) is 0 Å². The van der Waals surface area contributed by atoms with Gasteiger partial charge in [0, 0.05) is 19.3 Å². The number of unbranched alkanes of at least 4 members (excludes halogenated alkanes) is 35. The van der Waals surface area contributed by atoms with E-state index in [1.54, 1.807) is 0 Å². The van der Waals surface area contributed by atoms with Crippen LogP contribution in [0.4, 0.5) is 0 Å². The summed E-state index contributed by atoms with van der Waals surface area (Å²) in [6.45, 7) is 6.53. The molecule has 6 heteroatoms. The van der Waals surface area contributed by atoms with E-state index in [0.717, 1.165) is 122 Å². The first-order chi connectivity index (χ1) is 41.0. The third-order valence-corrected chi connectivity index (χ3v) is 15.3. The van der Waals surface area contributed by atoms with Gasteiger partial charge in [-0.1, -0.05) is 323 Å². The summed E-state index contributed by atoms with van der Waals surface area (Å²) >= 11 is 0. The lowest BCUT2D eigenvalue weighted by molar-refractivity contribution is -0.167. The summed E-state index contributed by atoms with van der Waals surface area (Å²) in [6.07, 6.45) is 97.0. The van der Waals surface area contributed by atoms with E-state index in [1.807, 2.05) is 0 Å². The van der Waals surface area contributed by atoms with Crippen LogP contribution in [0, 0.1) is 0 Å². The third kappa shape index (κ3) is 68.7. The lowest BCUT2D eigenvalue weighted by atomic mass is 10.0. The number of carbonyl (C=O) groups is 3. The Morgan fingerprint density at radius 1 is 0.253 bits per heavy atom. The van der Waals surface area contributed by atoms with E-state index in [1.165, 1.54) is 180 Å². The van der Waals surface area contributed by atoms with Crippen LogP contribution in [0.15, 0.2) is 109 Å². The molecule has 1 atom stereocenters. The monoisotopic (exact) mass is 1150 g/mol. The largest absolute Gasteiger partial charge is 0.462 e. The Labute approximate surface area is 514 Å². The molecule has 0 saturated heterocycles. The maximum atomic E-state index is 12.9. The average molecular weight is 1150 g/mol. The predicted octanol–water partition coefficient (Wildman–Crippen LogP) is 24.6. The van der Waals surface area contributed by atoms with E-state index < -0.39 is 6.10 Å². The van der Waals surface area contributed by atoms with Crippen molar-refractivity contribution >= 4 is 17.9 Å². The molecule has 0 aliphatic carbocycles. The molecule has 0 saturated carbocycles. The van der Waals surface area contributed by atoms with Crippen molar-refractivity contribution in [2.24, 2.45) is 0 Å². The number of esters is 3. The molecule has 1 unspecified atom stereocenters. The van der Waals surface area contributed by atoms with Crippen LogP contribution in [0.1, 0.15) is 342 Å². The lowest BCUT2D eigenvalue weighted by Crippen LogP contribution is -2.30. The van der Waals surface area contributed by atoms with Crippen LogP contribution in [0.2, 0.25) is 0 Å². The van der Waals surface area contributed by atoms with Gasteiger partial charge < -0.3 is 14.2 Å². The van der Waals surface area contributed by atoms with Crippen LogP contribution in [0.5, 0.6) is 0 Å². The standard InChI is InChI=1S/C77H132O6/c1-4-7-10-13-16-19-21-23-25-27-29-31-33-35-36-37-38-39-40-42-43-45-47-49-51-53-55-58-61-64-67-70-76(79)82-73-74(72-81-75(78)69-66-63-60-57-18-15-12-9-6-3)83-77(80)71-68-65-62-59-56-54-52-50-48-46-44-41-34-32-30-28-26-24-22-20-17-14-11-8-5-2/h7,10,16,19,23,25,28-31,35-36,38-39,42-43,47,49,74H,4-6,8-9,11-15,17-18,20-22,24,26-27,32-34,37,40-41,44-46,48,50-73H2,1-3H3/b10-7-,19-16-,25-23-,30-28-,31-29-,36-35-,39-38-,43-42-,49-47-. The lowest BCUT2D eigenvalue weighted by Gasteiger charge is -2.18. The molecule has 0 N–H and O–H groups in total. The topological polar surface area (TPSA) is 78.9 Å². The number of carbonyl (C=O) groups excluding carboxylic acids is 3. The molecule has 0 heterocycles. The minimum absolute atomic E-state index is 0.0800. The van der Waals surface area contributed by atoms with Gasteiger partial charge in [-0.15, -0.1) is 0 Å². The van der Waals surface area contributed by atoms with Crippen LogP contribution in [-0.4, -0.2) is 37.2 Å². The number of hydrogen-bond acceptors (Lipinski definition) is 6. The Morgan fingerprint density at radius 3 is 0.747 bits per heavy atom. The molecule has 83 heavy (non-hydrogen) atoms. The quantitative estimate of drug-likeness (QED) is 0.0261. The number of hydrogen-bond donors (Lipinski definition) is 0. The summed E-state index contributed by atoms with van der Waals surface area (Å²) in [6, 6.07) is 0. The zero-order chi connectivity index (χ0) is 59.9. The molecule has 0 bridgehead atoms. The van der Waals surface area contributed by atoms with Gasteiger partial charge in [0.1, 0.15) is 13.2 Å². The van der Waals surface area contributed by atoms with Crippen molar-refractivity contribution in [3.63, 3.8) is 0 Å². The van der Waals surface area contributed by atoms with Gasteiger partial charge in [-0.05, 0) is 109 Å². The Kier molecular flexibility index (Phi) is 67.2. The van der Waals surface area contributed by atoms with Crippen LogP contribution in [0.25, 0.3) is 0 Å². The molecule has 0 rings (SSSR count). The highest BCUT2D eigenvalue weighted by Crippen LogP contribution is 2.17.